The van der Waals surface area contributed by atoms with E-state index in [2.05, 4.69) is 32.2 Å². The Morgan fingerprint density at radius 2 is 1.96 bits per heavy atom. The lowest BCUT2D eigenvalue weighted by atomic mass is 9.92. The third kappa shape index (κ3) is 3.87. The van der Waals surface area contributed by atoms with Crippen LogP contribution in [0.2, 0.25) is 0 Å². The van der Waals surface area contributed by atoms with Gasteiger partial charge in [0.2, 0.25) is 5.91 Å². The maximum atomic E-state index is 12.9. The van der Waals surface area contributed by atoms with Crippen LogP contribution in [0, 0.1) is 12.8 Å². The first kappa shape index (κ1) is 19.8. The quantitative estimate of drug-likeness (QED) is 0.824. The molecule has 0 saturated carbocycles. The summed E-state index contributed by atoms with van der Waals surface area (Å²) in [5.41, 5.74) is 0.856. The first-order valence-electron chi connectivity index (χ1n) is 9.46. The smallest absolute Gasteiger partial charge is 0.225 e. The Kier molecular flexibility index (Phi) is 5.86. The highest BCUT2D eigenvalue weighted by Crippen LogP contribution is 2.25. The topological polar surface area (TPSA) is 79.2 Å². The lowest BCUT2D eigenvalue weighted by molar-refractivity contribution is -0.137. The Hall–Kier alpha value is -1.93. The van der Waals surface area contributed by atoms with Crippen molar-refractivity contribution >= 4 is 35.2 Å². The summed E-state index contributed by atoms with van der Waals surface area (Å²) in [6.07, 6.45) is 3.73. The fourth-order valence-corrected chi connectivity index (χ4v) is 4.11. The van der Waals surface area contributed by atoms with Gasteiger partial charge in [0.15, 0.2) is 5.65 Å². The number of aromatic nitrogens is 4. The fourth-order valence-electron chi connectivity index (χ4n) is 4.11. The number of hydrogen-bond donors (Lipinski definition) is 1. The Bertz CT molecular complexity index is 815. The average molecular weight is 394 g/mol. The van der Waals surface area contributed by atoms with Gasteiger partial charge in [-0.15, -0.1) is 12.4 Å². The van der Waals surface area contributed by atoms with Gasteiger partial charge in [0.25, 0.3) is 0 Å². The number of nitrogens with zero attached hydrogens (tertiary/aromatic N) is 6. The predicted molar refractivity (Wildman–Crippen MR) is 107 cm³/mol. The number of rotatable bonds is 2. The van der Waals surface area contributed by atoms with E-state index in [0.29, 0.717) is 11.9 Å². The van der Waals surface area contributed by atoms with Gasteiger partial charge in [0, 0.05) is 45.2 Å². The van der Waals surface area contributed by atoms with Crippen molar-refractivity contribution in [1.82, 2.24) is 30.0 Å². The van der Waals surface area contributed by atoms with Crippen molar-refractivity contribution in [3.8, 4) is 0 Å². The van der Waals surface area contributed by atoms with Crippen LogP contribution in [-0.2, 0) is 11.8 Å². The van der Waals surface area contributed by atoms with Crippen molar-refractivity contribution in [2.24, 2.45) is 13.0 Å². The summed E-state index contributed by atoms with van der Waals surface area (Å²) in [5.74, 6) is 2.18. The second-order valence-corrected chi connectivity index (χ2v) is 7.49. The summed E-state index contributed by atoms with van der Waals surface area (Å²) in [5, 5.41) is 8.72. The van der Waals surface area contributed by atoms with E-state index in [0.717, 1.165) is 68.2 Å². The maximum Gasteiger partial charge on any atom is 0.225 e. The van der Waals surface area contributed by atoms with Crippen molar-refractivity contribution in [1.29, 1.82) is 0 Å². The molecule has 2 saturated heterocycles. The van der Waals surface area contributed by atoms with Crippen LogP contribution in [0.3, 0.4) is 0 Å². The Labute approximate surface area is 165 Å². The van der Waals surface area contributed by atoms with E-state index >= 15 is 0 Å². The molecule has 4 rings (SSSR count). The van der Waals surface area contributed by atoms with E-state index in [-0.39, 0.29) is 18.3 Å². The van der Waals surface area contributed by atoms with Gasteiger partial charge in [-0.25, -0.2) is 9.97 Å². The Morgan fingerprint density at radius 3 is 2.67 bits per heavy atom. The van der Waals surface area contributed by atoms with E-state index in [1.54, 1.807) is 4.68 Å². The van der Waals surface area contributed by atoms with Crippen LogP contribution in [0.1, 0.15) is 25.6 Å². The molecule has 2 aromatic heterocycles. The molecule has 0 aliphatic carbocycles. The normalized spacial score (nSPS) is 23.4. The van der Waals surface area contributed by atoms with Crippen LogP contribution in [0.4, 0.5) is 5.82 Å². The molecule has 2 atom stereocenters. The molecule has 0 bridgehead atoms. The number of amides is 1. The zero-order valence-corrected chi connectivity index (χ0v) is 17.0. The molecule has 2 fully saturated rings. The van der Waals surface area contributed by atoms with Gasteiger partial charge in [-0.05, 0) is 33.2 Å². The molecule has 9 heteroatoms. The number of hydrogen-bond acceptors (Lipinski definition) is 6. The van der Waals surface area contributed by atoms with E-state index in [1.165, 1.54) is 0 Å². The van der Waals surface area contributed by atoms with Crippen LogP contribution >= 0.6 is 12.4 Å². The van der Waals surface area contributed by atoms with E-state index in [9.17, 15) is 4.79 Å². The van der Waals surface area contributed by atoms with Crippen LogP contribution in [0.15, 0.2) is 6.20 Å². The molecule has 0 unspecified atom stereocenters. The molecule has 4 heterocycles. The first-order chi connectivity index (χ1) is 12.5. The highest BCUT2D eigenvalue weighted by atomic mass is 35.5. The predicted octanol–water partition coefficient (Wildman–Crippen LogP) is 1.13. The zero-order valence-electron chi connectivity index (χ0n) is 16.2. The van der Waals surface area contributed by atoms with Crippen LogP contribution < -0.4 is 10.2 Å². The molecular weight excluding hydrogens is 366 g/mol. The second-order valence-electron chi connectivity index (χ2n) is 7.49. The Morgan fingerprint density at radius 1 is 1.22 bits per heavy atom. The summed E-state index contributed by atoms with van der Waals surface area (Å²) >= 11 is 0. The summed E-state index contributed by atoms with van der Waals surface area (Å²) in [7, 11) is 1.90. The van der Waals surface area contributed by atoms with Crippen LogP contribution in [0.25, 0.3) is 11.0 Å². The highest BCUT2D eigenvalue weighted by molar-refractivity contribution is 5.87. The van der Waals surface area contributed by atoms with E-state index in [4.69, 9.17) is 0 Å². The van der Waals surface area contributed by atoms with Crippen molar-refractivity contribution in [3.05, 3.63) is 12.0 Å². The van der Waals surface area contributed by atoms with Gasteiger partial charge in [0.1, 0.15) is 11.6 Å². The van der Waals surface area contributed by atoms with Gasteiger partial charge in [-0.2, -0.15) is 5.10 Å². The van der Waals surface area contributed by atoms with Gasteiger partial charge in [0.05, 0.1) is 11.6 Å². The summed E-state index contributed by atoms with van der Waals surface area (Å²) < 4.78 is 1.78. The molecular formula is C18H28ClN7O. The zero-order chi connectivity index (χ0) is 18.3. The van der Waals surface area contributed by atoms with Gasteiger partial charge in [-0.1, -0.05) is 0 Å². The number of carbonyl (C=O) groups excluding carboxylic acids is 1. The maximum absolute atomic E-state index is 12.9. The number of halogens is 1. The summed E-state index contributed by atoms with van der Waals surface area (Å²) in [6.45, 7) is 8.11. The summed E-state index contributed by atoms with van der Waals surface area (Å²) in [4.78, 5) is 26.3. The van der Waals surface area contributed by atoms with Gasteiger partial charge < -0.3 is 15.1 Å². The van der Waals surface area contributed by atoms with Crippen LogP contribution in [-0.4, -0.2) is 69.3 Å². The molecule has 1 amide bonds. The first-order valence-corrected chi connectivity index (χ1v) is 9.46. The molecule has 2 aromatic rings. The molecule has 0 spiro atoms. The third-order valence-corrected chi connectivity index (χ3v) is 5.55. The SMILES string of the molecule is Cc1nc(N2CCN(C(=O)[C@H]3CCN[C@@H](C)C3)CC2)c2cnn(C)c2n1.Cl. The minimum Gasteiger partial charge on any atom is -0.352 e. The van der Waals surface area contributed by atoms with E-state index in [1.807, 2.05) is 25.1 Å². The molecule has 0 aromatic carbocycles. The molecule has 2 aliphatic heterocycles. The number of carbonyl (C=O) groups is 1. The van der Waals surface area contributed by atoms with Crippen molar-refractivity contribution < 1.29 is 4.79 Å². The molecule has 8 nitrogen and oxygen atoms in total. The van der Waals surface area contributed by atoms with Crippen LogP contribution in [0.5, 0.6) is 0 Å². The summed E-state index contributed by atoms with van der Waals surface area (Å²) in [6, 6.07) is 0.432. The average Bonchev–Trinajstić information content (AvgIpc) is 3.01. The standard InChI is InChI=1S/C18H27N7O.ClH/c1-12-10-14(4-5-19-12)18(26)25-8-6-24(7-9-25)17-15-11-20-23(3)16(15)21-13(2)22-17;/h11-12,14,19H,4-10H2,1-3H3;1H/t12-,14-;/m0./s1. The molecule has 27 heavy (non-hydrogen) atoms. The lowest BCUT2D eigenvalue weighted by Gasteiger charge is -2.38. The number of piperazine rings is 1. The second kappa shape index (κ2) is 7.98. The van der Waals surface area contributed by atoms with Crippen molar-refractivity contribution in [3.63, 3.8) is 0 Å². The number of piperidine rings is 1. The lowest BCUT2D eigenvalue weighted by Crippen LogP contribution is -2.52. The molecule has 2 aliphatic rings. The number of fused-ring (bicyclic) bond motifs is 1. The number of nitrogens with one attached hydrogen (secondary N) is 1. The number of anilines is 1. The largest absolute Gasteiger partial charge is 0.352 e. The molecule has 148 valence electrons. The van der Waals surface area contributed by atoms with Crippen molar-refractivity contribution in [2.45, 2.75) is 32.7 Å². The minimum atomic E-state index is 0. The minimum absolute atomic E-state index is 0. The molecule has 0 radical (unpaired) electrons. The van der Waals surface area contributed by atoms with Gasteiger partial charge >= 0.3 is 0 Å². The third-order valence-electron chi connectivity index (χ3n) is 5.55. The Balaban J connectivity index is 0.00000210. The van der Waals surface area contributed by atoms with Crippen molar-refractivity contribution in [2.75, 3.05) is 37.6 Å². The number of aryl methyl sites for hydroxylation is 2. The monoisotopic (exact) mass is 393 g/mol. The molecule has 1 N–H and O–H groups in total. The fraction of sp³-hybridized carbons (Fsp3) is 0.667. The van der Waals surface area contributed by atoms with Gasteiger partial charge in [-0.3, -0.25) is 9.48 Å². The van der Waals surface area contributed by atoms with E-state index < -0.39 is 0 Å². The highest BCUT2D eigenvalue weighted by Gasteiger charge is 2.31.